The molecule has 3 aliphatic heterocycles. The Morgan fingerprint density at radius 3 is 2.48 bits per heavy atom. The largest absolute Gasteiger partial charge is 0.465 e. The molecule has 4 aliphatic rings. The van der Waals surface area contributed by atoms with E-state index in [0.29, 0.717) is 23.4 Å². The second-order valence-corrected chi connectivity index (χ2v) is 12.6. The average molecular weight is 538 g/mol. The smallest absolute Gasteiger partial charge is 0.337 e. The van der Waals surface area contributed by atoms with Crippen LogP contribution in [0.2, 0.25) is 0 Å². The molecule has 1 amide bonds. The van der Waals surface area contributed by atoms with Crippen LogP contribution in [-0.2, 0) is 16.1 Å². The van der Waals surface area contributed by atoms with Gasteiger partial charge in [-0.25, -0.2) is 4.79 Å². The van der Waals surface area contributed by atoms with E-state index >= 15 is 0 Å². The summed E-state index contributed by atoms with van der Waals surface area (Å²) in [4.78, 5) is 31.1. The van der Waals surface area contributed by atoms with Crippen molar-refractivity contribution in [3.63, 3.8) is 0 Å². The van der Waals surface area contributed by atoms with E-state index in [1.807, 2.05) is 12.1 Å². The SMILES string of the molecule is COC(=O)c1ccc2c(C3CCCCC3)c3n(c2c1)CC(C(=O)N1CC2(CCN(C)CC2)C1)=Cc1ccccc1-3. The van der Waals surface area contributed by atoms with Crippen molar-refractivity contribution < 1.29 is 14.3 Å². The van der Waals surface area contributed by atoms with Gasteiger partial charge in [0.05, 0.1) is 24.9 Å². The fourth-order valence-corrected chi connectivity index (χ4v) is 7.77. The van der Waals surface area contributed by atoms with Gasteiger partial charge in [-0.1, -0.05) is 49.6 Å². The van der Waals surface area contributed by atoms with Crippen molar-refractivity contribution in [2.24, 2.45) is 5.41 Å². The molecule has 40 heavy (non-hydrogen) atoms. The summed E-state index contributed by atoms with van der Waals surface area (Å²) in [5.74, 6) is 0.292. The number of esters is 1. The van der Waals surface area contributed by atoms with Gasteiger partial charge >= 0.3 is 5.97 Å². The van der Waals surface area contributed by atoms with Crippen LogP contribution in [0.1, 0.15) is 72.3 Å². The van der Waals surface area contributed by atoms with Gasteiger partial charge in [-0.15, -0.1) is 0 Å². The highest BCUT2D eigenvalue weighted by atomic mass is 16.5. The maximum Gasteiger partial charge on any atom is 0.337 e. The van der Waals surface area contributed by atoms with Crippen molar-refractivity contribution >= 4 is 28.9 Å². The molecule has 0 bridgehead atoms. The van der Waals surface area contributed by atoms with Gasteiger partial charge in [-0.2, -0.15) is 0 Å². The third-order valence-electron chi connectivity index (χ3n) is 10.1. The molecule has 6 nitrogen and oxygen atoms in total. The number of amides is 1. The Hall–Kier alpha value is -3.38. The predicted octanol–water partition coefficient (Wildman–Crippen LogP) is 6.09. The third-order valence-corrected chi connectivity index (χ3v) is 10.1. The number of rotatable bonds is 3. The van der Waals surface area contributed by atoms with E-state index in [0.717, 1.165) is 42.8 Å². The lowest BCUT2D eigenvalue weighted by Crippen LogP contribution is -2.61. The Kier molecular flexibility index (Phi) is 6.34. The first-order valence-electron chi connectivity index (χ1n) is 15.0. The van der Waals surface area contributed by atoms with Gasteiger partial charge in [-0.05, 0) is 81.1 Å². The number of carbonyl (C=O) groups excluding carboxylic acids is 2. The van der Waals surface area contributed by atoms with Crippen LogP contribution in [0.4, 0.5) is 0 Å². The highest BCUT2D eigenvalue weighted by Gasteiger charge is 2.47. The average Bonchev–Trinajstić information content (AvgIpc) is 3.18. The normalized spacial score (nSPS) is 20.9. The monoisotopic (exact) mass is 537 g/mol. The summed E-state index contributed by atoms with van der Waals surface area (Å²) in [5, 5.41) is 1.20. The van der Waals surface area contributed by atoms with Crippen molar-refractivity contribution in [2.75, 3.05) is 40.3 Å². The van der Waals surface area contributed by atoms with Gasteiger partial charge in [0.25, 0.3) is 5.91 Å². The molecule has 0 unspecified atom stereocenters. The van der Waals surface area contributed by atoms with Gasteiger partial charge < -0.3 is 19.1 Å². The Morgan fingerprint density at radius 1 is 0.975 bits per heavy atom. The number of ether oxygens (including phenoxy) is 1. The summed E-state index contributed by atoms with van der Waals surface area (Å²) in [5.41, 5.74) is 7.56. The van der Waals surface area contributed by atoms with Crippen molar-refractivity contribution in [1.82, 2.24) is 14.4 Å². The molecule has 1 aromatic heterocycles. The van der Waals surface area contributed by atoms with E-state index in [4.69, 9.17) is 4.74 Å². The summed E-state index contributed by atoms with van der Waals surface area (Å²) in [6.45, 7) is 4.45. The van der Waals surface area contributed by atoms with E-state index in [1.54, 1.807) is 0 Å². The van der Waals surface area contributed by atoms with Crippen LogP contribution in [-0.4, -0.2) is 66.6 Å². The fourth-order valence-electron chi connectivity index (χ4n) is 7.77. The first-order valence-corrected chi connectivity index (χ1v) is 15.0. The second-order valence-electron chi connectivity index (χ2n) is 12.6. The Balaban J connectivity index is 1.33. The maximum atomic E-state index is 14.1. The molecule has 208 valence electrons. The molecule has 1 saturated carbocycles. The summed E-state index contributed by atoms with van der Waals surface area (Å²) in [7, 11) is 3.62. The Morgan fingerprint density at radius 2 is 1.73 bits per heavy atom. The number of aromatic nitrogens is 1. The van der Waals surface area contributed by atoms with Crippen molar-refractivity contribution in [1.29, 1.82) is 0 Å². The summed E-state index contributed by atoms with van der Waals surface area (Å²) in [6, 6.07) is 14.5. The van der Waals surface area contributed by atoms with Crippen LogP contribution in [0.5, 0.6) is 0 Å². The molecule has 2 aromatic carbocycles. The zero-order valence-electron chi connectivity index (χ0n) is 23.7. The lowest BCUT2D eigenvalue weighted by atomic mass is 9.72. The number of methoxy groups -OCH3 is 1. The molecule has 3 aromatic rings. The molecular formula is C34H39N3O3. The molecule has 3 fully saturated rings. The molecule has 0 radical (unpaired) electrons. The van der Waals surface area contributed by atoms with Crippen LogP contribution in [0.25, 0.3) is 28.2 Å². The van der Waals surface area contributed by atoms with E-state index in [1.165, 1.54) is 74.3 Å². The van der Waals surface area contributed by atoms with Gasteiger partial charge in [-0.3, -0.25) is 4.79 Å². The molecule has 1 spiro atoms. The van der Waals surface area contributed by atoms with Gasteiger partial charge in [0.1, 0.15) is 0 Å². The van der Waals surface area contributed by atoms with E-state index in [-0.39, 0.29) is 11.9 Å². The van der Waals surface area contributed by atoms with Crippen molar-refractivity contribution in [3.05, 3.63) is 64.7 Å². The number of hydrogen-bond acceptors (Lipinski definition) is 4. The summed E-state index contributed by atoms with van der Waals surface area (Å²) >= 11 is 0. The summed E-state index contributed by atoms with van der Waals surface area (Å²) in [6.07, 6.45) is 10.6. The lowest BCUT2D eigenvalue weighted by molar-refractivity contribution is -0.142. The first kappa shape index (κ1) is 25.6. The number of fused-ring (bicyclic) bond motifs is 5. The number of benzene rings is 2. The standard InChI is InChI=1S/C34H39N3O3/c1-35-16-14-34(15-17-35)21-36(22-34)32(38)26-18-24-10-6-7-11-27(24)31-30(23-8-4-3-5-9-23)28-13-12-25(33(39)40-2)19-29(28)37(31)20-26/h6-7,10-13,18-19,23H,3-5,8-9,14-17,20-22H2,1-2H3. The molecule has 0 N–H and O–H groups in total. The van der Waals surface area contributed by atoms with Crippen LogP contribution >= 0.6 is 0 Å². The molecule has 4 heterocycles. The van der Waals surface area contributed by atoms with Crippen molar-refractivity contribution in [2.45, 2.75) is 57.4 Å². The number of likely N-dealkylation sites (tertiary alicyclic amines) is 2. The van der Waals surface area contributed by atoms with E-state index in [2.05, 4.69) is 57.8 Å². The van der Waals surface area contributed by atoms with E-state index in [9.17, 15) is 9.59 Å². The third kappa shape index (κ3) is 4.19. The number of piperidine rings is 1. The van der Waals surface area contributed by atoms with Crippen molar-refractivity contribution in [3.8, 4) is 11.3 Å². The molecule has 0 atom stereocenters. The summed E-state index contributed by atoms with van der Waals surface area (Å²) < 4.78 is 7.41. The molecule has 2 saturated heterocycles. The van der Waals surface area contributed by atoms with E-state index < -0.39 is 0 Å². The zero-order valence-corrected chi connectivity index (χ0v) is 23.7. The highest BCUT2D eigenvalue weighted by Crippen LogP contribution is 2.47. The van der Waals surface area contributed by atoms with Gasteiger partial charge in [0, 0.05) is 40.5 Å². The van der Waals surface area contributed by atoms with Crippen LogP contribution in [0.3, 0.4) is 0 Å². The fraction of sp³-hybridized carbons (Fsp3) is 0.471. The minimum absolute atomic E-state index is 0.150. The van der Waals surface area contributed by atoms with Crippen LogP contribution in [0, 0.1) is 5.41 Å². The zero-order chi connectivity index (χ0) is 27.4. The first-order chi connectivity index (χ1) is 19.5. The lowest BCUT2D eigenvalue weighted by Gasteiger charge is -2.53. The molecular weight excluding hydrogens is 498 g/mol. The minimum Gasteiger partial charge on any atom is -0.465 e. The molecule has 1 aliphatic carbocycles. The highest BCUT2D eigenvalue weighted by molar-refractivity contribution is 6.03. The number of nitrogens with zero attached hydrogens (tertiary/aromatic N) is 3. The topological polar surface area (TPSA) is 54.8 Å². The predicted molar refractivity (Wildman–Crippen MR) is 158 cm³/mol. The minimum atomic E-state index is -0.332. The molecule has 7 rings (SSSR count). The number of hydrogen-bond donors (Lipinski definition) is 0. The Labute approximate surface area is 236 Å². The number of carbonyl (C=O) groups is 2. The molecule has 6 heteroatoms. The Bertz CT molecular complexity index is 1510. The quantitative estimate of drug-likeness (QED) is 0.379. The van der Waals surface area contributed by atoms with Crippen LogP contribution in [0.15, 0.2) is 48.0 Å². The van der Waals surface area contributed by atoms with Crippen LogP contribution < -0.4 is 0 Å². The van der Waals surface area contributed by atoms with Gasteiger partial charge in [0.15, 0.2) is 0 Å². The maximum absolute atomic E-state index is 14.1. The van der Waals surface area contributed by atoms with Gasteiger partial charge in [0.2, 0.25) is 0 Å². The second kappa shape index (κ2) is 9.91.